The predicted molar refractivity (Wildman–Crippen MR) is 89.3 cm³/mol. The number of fused-ring (bicyclic) bond motifs is 1. The van der Waals surface area contributed by atoms with E-state index in [0.29, 0.717) is 23.4 Å². The summed E-state index contributed by atoms with van der Waals surface area (Å²) in [6.45, 7) is 0.357. The van der Waals surface area contributed by atoms with E-state index in [0.717, 1.165) is 5.56 Å². The van der Waals surface area contributed by atoms with Crippen LogP contribution in [-0.4, -0.2) is 46.2 Å². The van der Waals surface area contributed by atoms with Gasteiger partial charge in [-0.3, -0.25) is 19.6 Å². The summed E-state index contributed by atoms with van der Waals surface area (Å²) in [5.41, 5.74) is 0.537. The van der Waals surface area contributed by atoms with Crippen LogP contribution in [0.2, 0.25) is 0 Å². The van der Waals surface area contributed by atoms with Crippen LogP contribution >= 0.6 is 0 Å². The van der Waals surface area contributed by atoms with Crippen LogP contribution in [0.1, 0.15) is 21.5 Å². The van der Waals surface area contributed by atoms with Crippen molar-refractivity contribution in [3.63, 3.8) is 0 Å². The molecule has 1 saturated heterocycles. The maximum atomic E-state index is 12.8. The summed E-state index contributed by atoms with van der Waals surface area (Å²) >= 11 is 0. The van der Waals surface area contributed by atoms with Gasteiger partial charge in [0.1, 0.15) is 5.75 Å². The van der Waals surface area contributed by atoms with E-state index in [4.69, 9.17) is 4.74 Å². The lowest BCUT2D eigenvalue weighted by Crippen LogP contribution is -2.52. The highest BCUT2D eigenvalue weighted by Gasteiger charge is 2.51. The third kappa shape index (κ3) is 2.32. The number of carbonyl (C=O) groups is 3. The molecule has 1 aromatic carbocycles. The summed E-state index contributed by atoms with van der Waals surface area (Å²) in [6, 6.07) is 4.71. The van der Waals surface area contributed by atoms with Crippen molar-refractivity contribution in [3.05, 3.63) is 47.3 Å². The molecule has 1 fully saturated rings. The molecular weight excluding hydrogens is 338 g/mol. The number of carbonyl (C=O) groups excluding carboxylic acids is 3. The number of benzene rings is 1. The minimum Gasteiger partial charge on any atom is -0.497 e. The van der Waals surface area contributed by atoms with Gasteiger partial charge in [-0.15, -0.1) is 0 Å². The van der Waals surface area contributed by atoms with Crippen molar-refractivity contribution in [2.45, 2.75) is 12.1 Å². The number of nitrogens with zero attached hydrogens (tertiary/aromatic N) is 3. The molecule has 4 rings (SSSR count). The maximum absolute atomic E-state index is 12.8. The highest BCUT2D eigenvalue weighted by molar-refractivity contribution is 6.08. The first-order valence-corrected chi connectivity index (χ1v) is 8.02. The molecule has 0 aliphatic carbocycles. The van der Waals surface area contributed by atoms with Crippen molar-refractivity contribution >= 4 is 17.8 Å². The summed E-state index contributed by atoms with van der Waals surface area (Å²) in [4.78, 5) is 38.8. The van der Waals surface area contributed by atoms with Gasteiger partial charge < -0.3 is 15.0 Å². The van der Waals surface area contributed by atoms with Gasteiger partial charge in [0.2, 0.25) is 0 Å². The van der Waals surface area contributed by atoms with Crippen LogP contribution in [-0.2, 0) is 23.9 Å². The second kappa shape index (κ2) is 5.58. The maximum Gasteiger partial charge on any atom is 0.322 e. The zero-order chi connectivity index (χ0) is 18.5. The monoisotopic (exact) mass is 355 g/mol. The van der Waals surface area contributed by atoms with Gasteiger partial charge in [-0.2, -0.15) is 5.10 Å². The van der Waals surface area contributed by atoms with Gasteiger partial charge in [-0.1, -0.05) is 6.07 Å². The van der Waals surface area contributed by atoms with E-state index >= 15 is 0 Å². The smallest absolute Gasteiger partial charge is 0.322 e. The summed E-state index contributed by atoms with van der Waals surface area (Å²) in [7, 11) is 3.25. The molecular formula is C17H17N5O4. The molecule has 26 heavy (non-hydrogen) atoms. The van der Waals surface area contributed by atoms with Crippen LogP contribution < -0.4 is 15.4 Å². The Hall–Kier alpha value is -3.36. The SMILES string of the molecule is COc1ccc2c(c1)C(=O)N(CC1(c3cnn(C)c3)NC(=O)NC1=O)C2. The number of imide groups is 1. The molecule has 2 N–H and O–H groups in total. The molecule has 134 valence electrons. The molecule has 9 nitrogen and oxygen atoms in total. The van der Waals surface area contributed by atoms with Crippen LogP contribution in [0.15, 0.2) is 30.6 Å². The molecule has 9 heteroatoms. The number of rotatable bonds is 4. The van der Waals surface area contributed by atoms with Gasteiger partial charge in [0.05, 0.1) is 19.9 Å². The standard InChI is InChI=1S/C17H17N5O4/c1-21-8-11(6-18-21)17(15(24)19-16(25)20-17)9-22-7-10-3-4-12(26-2)5-13(10)14(22)23/h3-6,8H,7,9H2,1-2H3,(H2,19,20,24,25). The number of hydrogen-bond donors (Lipinski definition) is 2. The third-order valence-corrected chi connectivity index (χ3v) is 4.76. The molecule has 2 aliphatic heterocycles. The fourth-order valence-corrected chi connectivity index (χ4v) is 3.42. The summed E-state index contributed by atoms with van der Waals surface area (Å²) < 4.78 is 6.72. The second-order valence-corrected chi connectivity index (χ2v) is 6.40. The number of urea groups is 1. The van der Waals surface area contributed by atoms with E-state index < -0.39 is 17.5 Å². The fraction of sp³-hybridized carbons (Fsp3) is 0.294. The molecule has 2 aliphatic rings. The van der Waals surface area contributed by atoms with Gasteiger partial charge in [0, 0.05) is 30.9 Å². The Morgan fingerprint density at radius 1 is 1.31 bits per heavy atom. The molecule has 0 saturated carbocycles. The number of nitrogens with one attached hydrogen (secondary N) is 2. The van der Waals surface area contributed by atoms with E-state index in [1.807, 2.05) is 6.07 Å². The van der Waals surface area contributed by atoms with Gasteiger partial charge in [0.25, 0.3) is 11.8 Å². The van der Waals surface area contributed by atoms with Crippen molar-refractivity contribution in [3.8, 4) is 5.75 Å². The van der Waals surface area contributed by atoms with Crippen LogP contribution in [0.4, 0.5) is 4.79 Å². The Balaban J connectivity index is 1.69. The van der Waals surface area contributed by atoms with E-state index in [-0.39, 0.29) is 12.5 Å². The molecule has 1 unspecified atom stereocenters. The lowest BCUT2D eigenvalue weighted by Gasteiger charge is -2.30. The van der Waals surface area contributed by atoms with Crippen molar-refractivity contribution < 1.29 is 19.1 Å². The van der Waals surface area contributed by atoms with Crippen molar-refractivity contribution in [1.82, 2.24) is 25.3 Å². The quantitative estimate of drug-likeness (QED) is 0.758. The highest BCUT2D eigenvalue weighted by Crippen LogP contribution is 2.32. The first-order chi connectivity index (χ1) is 12.4. The number of ether oxygens (including phenoxy) is 1. The number of aromatic nitrogens is 2. The lowest BCUT2D eigenvalue weighted by atomic mass is 9.92. The third-order valence-electron chi connectivity index (χ3n) is 4.76. The molecule has 1 atom stereocenters. The first-order valence-electron chi connectivity index (χ1n) is 8.02. The van der Waals surface area contributed by atoms with Gasteiger partial charge in [-0.05, 0) is 17.7 Å². The van der Waals surface area contributed by atoms with Crippen molar-refractivity contribution in [2.75, 3.05) is 13.7 Å². The van der Waals surface area contributed by atoms with Crippen LogP contribution in [0.5, 0.6) is 5.75 Å². The highest BCUT2D eigenvalue weighted by atomic mass is 16.5. The largest absolute Gasteiger partial charge is 0.497 e. The molecule has 0 spiro atoms. The average Bonchev–Trinajstić information content (AvgIpc) is 3.26. The average molecular weight is 355 g/mol. The lowest BCUT2D eigenvalue weighted by molar-refractivity contribution is -0.124. The van der Waals surface area contributed by atoms with Crippen LogP contribution in [0.3, 0.4) is 0 Å². The Labute approximate surface area is 148 Å². The minimum absolute atomic E-state index is 0.00605. The predicted octanol–water partition coefficient (Wildman–Crippen LogP) is 0.119. The Morgan fingerprint density at radius 3 is 2.73 bits per heavy atom. The van der Waals surface area contributed by atoms with E-state index in [9.17, 15) is 14.4 Å². The first kappa shape index (κ1) is 16.1. The molecule has 3 heterocycles. The zero-order valence-electron chi connectivity index (χ0n) is 14.3. The normalized spacial score (nSPS) is 21.6. The van der Waals surface area contributed by atoms with Gasteiger partial charge >= 0.3 is 6.03 Å². The summed E-state index contributed by atoms with van der Waals surface area (Å²) in [5.74, 6) is -0.124. The fourth-order valence-electron chi connectivity index (χ4n) is 3.42. The van der Waals surface area contributed by atoms with E-state index in [1.54, 1.807) is 35.0 Å². The zero-order valence-corrected chi connectivity index (χ0v) is 14.3. The Morgan fingerprint density at radius 2 is 2.12 bits per heavy atom. The molecule has 0 radical (unpaired) electrons. The number of hydrogen-bond acceptors (Lipinski definition) is 5. The topological polar surface area (TPSA) is 106 Å². The van der Waals surface area contributed by atoms with Gasteiger partial charge in [-0.25, -0.2) is 4.79 Å². The number of aryl methyl sites for hydroxylation is 1. The number of amides is 4. The second-order valence-electron chi connectivity index (χ2n) is 6.40. The Bertz CT molecular complexity index is 937. The number of methoxy groups -OCH3 is 1. The van der Waals surface area contributed by atoms with Crippen molar-refractivity contribution in [1.29, 1.82) is 0 Å². The summed E-state index contributed by atoms with van der Waals surface area (Å²) in [6.07, 6.45) is 3.17. The minimum atomic E-state index is -1.37. The molecule has 4 amide bonds. The Kier molecular flexibility index (Phi) is 3.46. The van der Waals surface area contributed by atoms with Crippen molar-refractivity contribution in [2.24, 2.45) is 7.05 Å². The molecule has 0 bridgehead atoms. The van der Waals surface area contributed by atoms with Gasteiger partial charge in [0.15, 0.2) is 5.54 Å². The van der Waals surface area contributed by atoms with Crippen LogP contribution in [0, 0.1) is 0 Å². The van der Waals surface area contributed by atoms with E-state index in [1.165, 1.54) is 13.3 Å². The van der Waals surface area contributed by atoms with E-state index in [2.05, 4.69) is 15.7 Å². The molecule has 2 aromatic rings. The van der Waals surface area contributed by atoms with Crippen LogP contribution in [0.25, 0.3) is 0 Å². The summed E-state index contributed by atoms with van der Waals surface area (Å²) in [5, 5.41) is 9.02. The molecule has 1 aromatic heterocycles.